The number of rotatable bonds is 4. The number of nitrogens with two attached hydrogens (primary N) is 1. The van der Waals surface area contributed by atoms with E-state index in [1.54, 1.807) is 24.3 Å². The molecular formula is C14H13N3O3. The first-order valence-corrected chi connectivity index (χ1v) is 5.87. The minimum absolute atomic E-state index is 0.0756. The van der Waals surface area contributed by atoms with Gasteiger partial charge in [-0.1, -0.05) is 12.1 Å². The average Bonchev–Trinajstić information content (AvgIpc) is 2.45. The van der Waals surface area contributed by atoms with E-state index in [4.69, 9.17) is 5.73 Å². The lowest BCUT2D eigenvalue weighted by atomic mass is 10.1. The minimum Gasteiger partial charge on any atom is -0.506 e. The van der Waals surface area contributed by atoms with Crippen LogP contribution >= 0.6 is 0 Å². The van der Waals surface area contributed by atoms with Crippen LogP contribution in [-0.2, 0) is 6.54 Å². The molecule has 2 rings (SSSR count). The maximum absolute atomic E-state index is 11.8. The number of carbonyl (C=O) groups is 2. The summed E-state index contributed by atoms with van der Waals surface area (Å²) in [5, 5.41) is 11.9. The maximum Gasteiger partial charge on any atom is 0.253 e. The molecule has 1 aromatic carbocycles. The summed E-state index contributed by atoms with van der Waals surface area (Å²) in [6, 6.07) is 8.00. The number of aromatic hydroxyl groups is 1. The van der Waals surface area contributed by atoms with Gasteiger partial charge >= 0.3 is 0 Å². The SMILES string of the molecule is NC(=O)c1cccc(CNC(=O)c2cncc(O)c2)c1. The third kappa shape index (κ3) is 3.32. The number of nitrogens with zero attached hydrogens (tertiary/aromatic N) is 1. The summed E-state index contributed by atoms with van der Waals surface area (Å²) in [5.41, 5.74) is 6.58. The molecule has 0 saturated carbocycles. The van der Waals surface area contributed by atoms with Gasteiger partial charge in [0.2, 0.25) is 5.91 Å². The van der Waals surface area contributed by atoms with Crippen LogP contribution in [0.2, 0.25) is 0 Å². The van der Waals surface area contributed by atoms with Crippen LogP contribution < -0.4 is 11.1 Å². The Morgan fingerprint density at radius 2 is 2.00 bits per heavy atom. The van der Waals surface area contributed by atoms with Gasteiger partial charge in [-0.2, -0.15) is 0 Å². The fourth-order valence-electron chi connectivity index (χ4n) is 1.67. The number of benzene rings is 1. The Kier molecular flexibility index (Phi) is 3.95. The van der Waals surface area contributed by atoms with Crippen LogP contribution in [0.25, 0.3) is 0 Å². The molecule has 0 fully saturated rings. The second kappa shape index (κ2) is 5.83. The largest absolute Gasteiger partial charge is 0.506 e. The number of primary amides is 1. The normalized spacial score (nSPS) is 10.0. The molecule has 102 valence electrons. The van der Waals surface area contributed by atoms with Crippen LogP contribution in [0.4, 0.5) is 0 Å². The number of amides is 2. The fourth-order valence-corrected chi connectivity index (χ4v) is 1.67. The standard InChI is InChI=1S/C14H13N3O3/c15-13(19)10-3-1-2-9(4-10)6-17-14(20)11-5-12(18)8-16-7-11/h1-5,7-8,18H,6H2,(H2,15,19)(H,17,20). The van der Waals surface area contributed by atoms with Gasteiger partial charge in [-0.3, -0.25) is 14.6 Å². The summed E-state index contributed by atoms with van der Waals surface area (Å²) in [5.74, 6) is -0.957. The Hall–Kier alpha value is -2.89. The molecule has 1 aromatic heterocycles. The van der Waals surface area contributed by atoms with Crippen LogP contribution in [0.15, 0.2) is 42.7 Å². The minimum atomic E-state index is -0.518. The molecule has 0 aliphatic rings. The summed E-state index contributed by atoms with van der Waals surface area (Å²) in [6.45, 7) is 0.246. The van der Waals surface area contributed by atoms with Crippen molar-refractivity contribution in [1.29, 1.82) is 0 Å². The number of nitrogens with one attached hydrogen (secondary N) is 1. The van der Waals surface area contributed by atoms with E-state index in [1.807, 2.05) is 0 Å². The van der Waals surface area contributed by atoms with Crippen LogP contribution in [0.5, 0.6) is 5.75 Å². The lowest BCUT2D eigenvalue weighted by Crippen LogP contribution is -2.23. The van der Waals surface area contributed by atoms with Crippen molar-refractivity contribution in [1.82, 2.24) is 10.3 Å². The highest BCUT2D eigenvalue weighted by Crippen LogP contribution is 2.09. The Labute approximate surface area is 115 Å². The van der Waals surface area contributed by atoms with E-state index in [-0.39, 0.29) is 23.8 Å². The molecule has 0 aliphatic carbocycles. The summed E-state index contributed by atoms with van der Waals surface area (Å²) >= 11 is 0. The number of pyridine rings is 1. The van der Waals surface area contributed by atoms with Gasteiger partial charge in [0.15, 0.2) is 0 Å². The zero-order valence-electron chi connectivity index (χ0n) is 10.5. The maximum atomic E-state index is 11.8. The smallest absolute Gasteiger partial charge is 0.253 e. The van der Waals surface area contributed by atoms with Gasteiger partial charge in [-0.05, 0) is 23.8 Å². The molecule has 0 bridgehead atoms. The third-order valence-corrected chi connectivity index (χ3v) is 2.65. The van der Waals surface area contributed by atoms with Crippen molar-refractivity contribution in [3.05, 3.63) is 59.4 Å². The van der Waals surface area contributed by atoms with E-state index in [0.29, 0.717) is 5.56 Å². The lowest BCUT2D eigenvalue weighted by Gasteiger charge is -2.06. The quantitative estimate of drug-likeness (QED) is 0.765. The Balaban J connectivity index is 2.03. The first kappa shape index (κ1) is 13.5. The Morgan fingerprint density at radius 1 is 1.20 bits per heavy atom. The molecular weight excluding hydrogens is 258 g/mol. The van der Waals surface area contributed by atoms with Crippen LogP contribution in [0.1, 0.15) is 26.3 Å². The van der Waals surface area contributed by atoms with Gasteiger partial charge in [0.1, 0.15) is 5.75 Å². The van der Waals surface area contributed by atoms with Gasteiger partial charge in [0.05, 0.1) is 11.8 Å². The molecule has 1 heterocycles. The van der Waals surface area contributed by atoms with Crippen molar-refractivity contribution >= 4 is 11.8 Å². The number of carbonyl (C=O) groups excluding carboxylic acids is 2. The second-order valence-electron chi connectivity index (χ2n) is 4.18. The van der Waals surface area contributed by atoms with Crippen molar-refractivity contribution in [2.45, 2.75) is 6.54 Å². The molecule has 20 heavy (non-hydrogen) atoms. The zero-order chi connectivity index (χ0) is 14.5. The molecule has 0 saturated heterocycles. The fraction of sp³-hybridized carbons (Fsp3) is 0.0714. The van der Waals surface area contributed by atoms with Gasteiger partial charge in [0.25, 0.3) is 5.91 Å². The van der Waals surface area contributed by atoms with Crippen LogP contribution in [-0.4, -0.2) is 21.9 Å². The highest BCUT2D eigenvalue weighted by molar-refractivity contribution is 5.94. The Morgan fingerprint density at radius 3 is 2.70 bits per heavy atom. The van der Waals surface area contributed by atoms with E-state index in [0.717, 1.165) is 5.56 Å². The first-order chi connectivity index (χ1) is 9.56. The summed E-state index contributed by atoms with van der Waals surface area (Å²) in [6.07, 6.45) is 2.60. The summed E-state index contributed by atoms with van der Waals surface area (Å²) < 4.78 is 0. The van der Waals surface area contributed by atoms with Gasteiger partial charge in [0, 0.05) is 18.3 Å². The number of hydrogen-bond donors (Lipinski definition) is 3. The van der Waals surface area contributed by atoms with Gasteiger partial charge in [-0.25, -0.2) is 0 Å². The molecule has 6 heteroatoms. The first-order valence-electron chi connectivity index (χ1n) is 5.87. The molecule has 0 atom stereocenters. The molecule has 0 spiro atoms. The summed E-state index contributed by atoms with van der Waals surface area (Å²) in [4.78, 5) is 26.6. The molecule has 0 aliphatic heterocycles. The third-order valence-electron chi connectivity index (χ3n) is 2.65. The average molecular weight is 271 g/mol. The predicted molar refractivity (Wildman–Crippen MR) is 72.0 cm³/mol. The monoisotopic (exact) mass is 271 g/mol. The molecule has 2 aromatic rings. The van der Waals surface area contributed by atoms with E-state index >= 15 is 0 Å². The van der Waals surface area contributed by atoms with Crippen molar-refractivity contribution in [2.24, 2.45) is 5.73 Å². The highest BCUT2D eigenvalue weighted by atomic mass is 16.3. The van der Waals surface area contributed by atoms with Crippen molar-refractivity contribution in [3.8, 4) is 5.75 Å². The zero-order valence-corrected chi connectivity index (χ0v) is 10.5. The van der Waals surface area contributed by atoms with Crippen LogP contribution in [0, 0.1) is 0 Å². The van der Waals surface area contributed by atoms with Crippen LogP contribution in [0.3, 0.4) is 0 Å². The summed E-state index contributed by atoms with van der Waals surface area (Å²) in [7, 11) is 0. The van der Waals surface area contributed by atoms with Gasteiger partial charge in [-0.15, -0.1) is 0 Å². The lowest BCUT2D eigenvalue weighted by molar-refractivity contribution is 0.0949. The van der Waals surface area contributed by atoms with E-state index in [1.165, 1.54) is 18.5 Å². The number of aromatic nitrogens is 1. The molecule has 0 unspecified atom stereocenters. The highest BCUT2D eigenvalue weighted by Gasteiger charge is 2.07. The van der Waals surface area contributed by atoms with E-state index in [9.17, 15) is 14.7 Å². The molecule has 2 amide bonds. The molecule has 6 nitrogen and oxygen atoms in total. The van der Waals surface area contributed by atoms with Gasteiger partial charge < -0.3 is 16.2 Å². The molecule has 0 radical (unpaired) electrons. The Bertz CT molecular complexity index is 656. The topological polar surface area (TPSA) is 105 Å². The van der Waals surface area contributed by atoms with Crippen molar-refractivity contribution < 1.29 is 14.7 Å². The van der Waals surface area contributed by atoms with Crippen molar-refractivity contribution in [2.75, 3.05) is 0 Å². The molecule has 4 N–H and O–H groups in total. The predicted octanol–water partition coefficient (Wildman–Crippen LogP) is 0.816. The second-order valence-corrected chi connectivity index (χ2v) is 4.18. The van der Waals surface area contributed by atoms with E-state index in [2.05, 4.69) is 10.3 Å². The van der Waals surface area contributed by atoms with Crippen molar-refractivity contribution in [3.63, 3.8) is 0 Å². The van der Waals surface area contributed by atoms with E-state index < -0.39 is 5.91 Å². The number of hydrogen-bond acceptors (Lipinski definition) is 4.